The van der Waals surface area contributed by atoms with Crippen molar-refractivity contribution in [2.75, 3.05) is 0 Å². The summed E-state index contributed by atoms with van der Waals surface area (Å²) in [7, 11) is -2.43. The summed E-state index contributed by atoms with van der Waals surface area (Å²) in [5.41, 5.74) is 0.844. The van der Waals surface area contributed by atoms with Gasteiger partial charge >= 0.3 is 0 Å². The van der Waals surface area contributed by atoms with E-state index in [2.05, 4.69) is 6.07 Å². The molecular weight excluding hydrogens is 148 g/mol. The summed E-state index contributed by atoms with van der Waals surface area (Å²) in [4.78, 5) is 0.353. The number of hydrogen-bond acceptors (Lipinski definition) is 2. The third kappa shape index (κ3) is 1.57. The first kappa shape index (κ1) is 7.28. The second kappa shape index (κ2) is 2.84. The van der Waals surface area contributed by atoms with Crippen molar-refractivity contribution >= 4 is 10.7 Å². The van der Waals surface area contributed by atoms with Crippen LogP contribution < -0.4 is 0 Å². The quantitative estimate of drug-likeness (QED) is 0.608. The van der Waals surface area contributed by atoms with Crippen molar-refractivity contribution < 1.29 is 8.42 Å². The molecule has 0 bridgehead atoms. The maximum atomic E-state index is 10.4. The molecule has 0 aromatic heterocycles. The molecule has 3 heteroatoms. The largest absolute Gasteiger partial charge is 0.227 e. The Hall–Kier alpha value is -0.830. The second-order valence-corrected chi connectivity index (χ2v) is 3.02. The van der Waals surface area contributed by atoms with Gasteiger partial charge in [0.15, 0.2) is 10.7 Å². The van der Waals surface area contributed by atoms with E-state index in [9.17, 15) is 8.42 Å². The van der Waals surface area contributed by atoms with Crippen LogP contribution in [0.25, 0.3) is 0 Å². The third-order valence-electron chi connectivity index (χ3n) is 1.14. The highest BCUT2D eigenvalue weighted by molar-refractivity contribution is 7.72. The van der Waals surface area contributed by atoms with Gasteiger partial charge in [0.25, 0.3) is 0 Å². The molecule has 0 aliphatic rings. The Bertz CT molecular complexity index is 294. The summed E-state index contributed by atoms with van der Waals surface area (Å²) in [6, 6.07) is 7.58. The molecule has 0 saturated carbocycles. The fourth-order valence-electron chi connectivity index (χ4n) is 0.684. The van der Waals surface area contributed by atoms with E-state index in [1.165, 1.54) is 6.07 Å². The lowest BCUT2D eigenvalue weighted by molar-refractivity contribution is 0.614. The minimum Gasteiger partial charge on any atom is -0.227 e. The maximum absolute atomic E-state index is 10.4. The Kier molecular flexibility index (Phi) is 2.06. The Morgan fingerprint density at radius 1 is 1.50 bits per heavy atom. The Morgan fingerprint density at radius 3 is 2.60 bits per heavy atom. The van der Waals surface area contributed by atoms with Gasteiger partial charge in [-0.25, -0.2) is 8.42 Å². The lowest BCUT2D eigenvalue weighted by Gasteiger charge is -1.90. The molecule has 0 N–H and O–H groups in total. The average molecular weight is 155 g/mol. The molecule has 0 fully saturated rings. The van der Waals surface area contributed by atoms with Crippen molar-refractivity contribution in [3.8, 4) is 0 Å². The lowest BCUT2D eigenvalue weighted by Crippen LogP contribution is -1.80. The summed E-state index contributed by atoms with van der Waals surface area (Å²) >= 11 is 0. The fraction of sp³-hybridized carbons (Fsp3) is 0.143. The van der Waals surface area contributed by atoms with Crippen molar-refractivity contribution in [1.82, 2.24) is 0 Å². The SMILES string of the molecule is Cc1[c]ccc([SH](=O)=O)c1. The van der Waals surface area contributed by atoms with E-state index < -0.39 is 10.7 Å². The molecule has 0 saturated heterocycles. The van der Waals surface area contributed by atoms with Gasteiger partial charge in [-0.2, -0.15) is 0 Å². The predicted octanol–water partition coefficient (Wildman–Crippen LogP) is 0.766. The van der Waals surface area contributed by atoms with E-state index >= 15 is 0 Å². The van der Waals surface area contributed by atoms with E-state index in [0.29, 0.717) is 4.90 Å². The number of aryl methyl sites for hydroxylation is 1. The van der Waals surface area contributed by atoms with Gasteiger partial charge in [0.05, 0.1) is 4.90 Å². The number of benzene rings is 1. The van der Waals surface area contributed by atoms with Crippen LogP contribution in [0.2, 0.25) is 0 Å². The molecule has 0 amide bonds. The van der Waals surface area contributed by atoms with Gasteiger partial charge in [0.1, 0.15) is 0 Å². The standard InChI is InChI=1S/C7H7O2S/c1-6-3-2-4-7(5-6)10(8)9/h2,4-5,10H,1H3. The molecule has 1 rings (SSSR count). The zero-order chi connectivity index (χ0) is 7.56. The van der Waals surface area contributed by atoms with Crippen molar-refractivity contribution in [1.29, 1.82) is 0 Å². The molecule has 0 spiro atoms. The molecular formula is C7H7O2S. The number of thiol groups is 1. The van der Waals surface area contributed by atoms with Gasteiger partial charge in [-0.15, -0.1) is 0 Å². The topological polar surface area (TPSA) is 34.1 Å². The van der Waals surface area contributed by atoms with Crippen LogP contribution in [0, 0.1) is 13.0 Å². The summed E-state index contributed by atoms with van der Waals surface area (Å²) in [5.74, 6) is 0. The first-order valence-corrected chi connectivity index (χ1v) is 4.00. The van der Waals surface area contributed by atoms with Crippen LogP contribution in [-0.4, -0.2) is 8.42 Å². The molecule has 2 nitrogen and oxygen atoms in total. The molecule has 1 aromatic carbocycles. The van der Waals surface area contributed by atoms with Crippen molar-refractivity contribution in [3.63, 3.8) is 0 Å². The van der Waals surface area contributed by atoms with Crippen molar-refractivity contribution in [3.05, 3.63) is 29.8 Å². The predicted molar refractivity (Wildman–Crippen MR) is 38.6 cm³/mol. The molecule has 0 heterocycles. The Morgan fingerprint density at radius 2 is 2.20 bits per heavy atom. The van der Waals surface area contributed by atoms with Gasteiger partial charge in [0.2, 0.25) is 0 Å². The van der Waals surface area contributed by atoms with E-state index in [-0.39, 0.29) is 0 Å². The van der Waals surface area contributed by atoms with E-state index in [1.807, 2.05) is 6.92 Å². The zero-order valence-electron chi connectivity index (χ0n) is 5.50. The van der Waals surface area contributed by atoms with Crippen LogP contribution >= 0.6 is 0 Å². The normalized spacial score (nSPS) is 10.2. The monoisotopic (exact) mass is 155 g/mol. The second-order valence-electron chi connectivity index (χ2n) is 1.99. The van der Waals surface area contributed by atoms with Crippen molar-refractivity contribution in [2.24, 2.45) is 0 Å². The first-order valence-electron chi connectivity index (χ1n) is 2.83. The van der Waals surface area contributed by atoms with Gasteiger partial charge < -0.3 is 0 Å². The number of hydrogen-bond donors (Lipinski definition) is 1. The van der Waals surface area contributed by atoms with E-state index in [1.54, 1.807) is 12.1 Å². The third-order valence-corrected chi connectivity index (χ3v) is 1.84. The fourth-order valence-corrected chi connectivity index (χ4v) is 1.18. The summed E-state index contributed by atoms with van der Waals surface area (Å²) < 4.78 is 20.8. The molecule has 53 valence electrons. The van der Waals surface area contributed by atoms with Crippen LogP contribution in [0.15, 0.2) is 23.1 Å². The minimum absolute atomic E-state index is 0.353. The molecule has 0 aliphatic carbocycles. The Labute approximate surface area is 61.5 Å². The van der Waals surface area contributed by atoms with Crippen molar-refractivity contribution in [2.45, 2.75) is 11.8 Å². The minimum atomic E-state index is -2.43. The van der Waals surface area contributed by atoms with Gasteiger partial charge in [-0.3, -0.25) is 0 Å². The van der Waals surface area contributed by atoms with Gasteiger partial charge in [-0.05, 0) is 30.7 Å². The zero-order valence-corrected chi connectivity index (χ0v) is 6.39. The van der Waals surface area contributed by atoms with Crippen LogP contribution in [0.4, 0.5) is 0 Å². The highest BCUT2D eigenvalue weighted by Gasteiger charge is 1.92. The van der Waals surface area contributed by atoms with E-state index in [4.69, 9.17) is 0 Å². The Balaban J connectivity index is 3.19. The average Bonchev–Trinajstić information content (AvgIpc) is 1.88. The molecule has 0 unspecified atom stereocenters. The summed E-state index contributed by atoms with van der Waals surface area (Å²) in [5, 5.41) is 0. The van der Waals surface area contributed by atoms with Crippen LogP contribution in [0.5, 0.6) is 0 Å². The molecule has 10 heavy (non-hydrogen) atoms. The maximum Gasteiger partial charge on any atom is 0.168 e. The van der Waals surface area contributed by atoms with E-state index in [0.717, 1.165) is 5.56 Å². The lowest BCUT2D eigenvalue weighted by atomic mass is 10.2. The first-order chi connectivity index (χ1) is 4.70. The van der Waals surface area contributed by atoms with Gasteiger partial charge in [-0.1, -0.05) is 6.07 Å². The molecule has 0 aliphatic heterocycles. The highest BCUT2D eigenvalue weighted by atomic mass is 32.2. The number of rotatable bonds is 1. The van der Waals surface area contributed by atoms with Crippen LogP contribution in [0.3, 0.4) is 0 Å². The summed E-state index contributed by atoms with van der Waals surface area (Å²) in [6.45, 7) is 1.81. The van der Waals surface area contributed by atoms with Gasteiger partial charge in [0, 0.05) is 0 Å². The molecule has 1 aromatic rings. The smallest absolute Gasteiger partial charge is 0.168 e. The van der Waals surface area contributed by atoms with Crippen LogP contribution in [0.1, 0.15) is 5.56 Å². The highest BCUT2D eigenvalue weighted by Crippen LogP contribution is 2.03. The summed E-state index contributed by atoms with van der Waals surface area (Å²) in [6.07, 6.45) is 0. The molecule has 0 atom stereocenters. The van der Waals surface area contributed by atoms with Crippen LogP contribution in [-0.2, 0) is 10.7 Å². The molecule has 1 radical (unpaired) electrons.